The van der Waals surface area contributed by atoms with Gasteiger partial charge in [0, 0.05) is 25.7 Å². The fraction of sp³-hybridized carbons (Fsp3) is 0.400. The van der Waals surface area contributed by atoms with Crippen LogP contribution in [0.1, 0.15) is 0 Å². The molecule has 0 unspecified atom stereocenters. The van der Waals surface area contributed by atoms with Gasteiger partial charge in [0.2, 0.25) is 0 Å². The van der Waals surface area contributed by atoms with Crippen molar-refractivity contribution < 1.29 is 13.2 Å². The Morgan fingerprint density at radius 3 is 2.94 bits per heavy atom. The van der Waals surface area contributed by atoms with Crippen molar-refractivity contribution in [3.63, 3.8) is 0 Å². The Bertz CT molecular complexity index is 489. The summed E-state index contributed by atoms with van der Waals surface area (Å²) in [6.45, 7) is 1.70. The van der Waals surface area contributed by atoms with E-state index < -0.39 is 10.2 Å². The van der Waals surface area contributed by atoms with E-state index in [1.54, 1.807) is 24.3 Å². The van der Waals surface area contributed by atoms with Crippen LogP contribution in [0.25, 0.3) is 0 Å². The number of hydrogen-bond acceptors (Lipinski definition) is 4. The lowest BCUT2D eigenvalue weighted by molar-refractivity contribution is 0.328. The van der Waals surface area contributed by atoms with Gasteiger partial charge in [0.1, 0.15) is 12.4 Å². The Morgan fingerprint density at radius 2 is 2.29 bits per heavy atom. The first-order chi connectivity index (χ1) is 8.13. The molecule has 1 aromatic rings. The van der Waals surface area contributed by atoms with Crippen molar-refractivity contribution in [2.24, 2.45) is 5.73 Å². The molecule has 3 N–H and O–H groups in total. The van der Waals surface area contributed by atoms with E-state index in [0.717, 1.165) is 0 Å². The van der Waals surface area contributed by atoms with Crippen molar-refractivity contribution in [1.29, 1.82) is 0 Å². The highest BCUT2D eigenvalue weighted by Gasteiger charge is 2.27. The second kappa shape index (κ2) is 4.91. The minimum absolute atomic E-state index is 0.411. The fourth-order valence-corrected chi connectivity index (χ4v) is 2.88. The molecule has 0 radical (unpaired) electrons. The summed E-state index contributed by atoms with van der Waals surface area (Å²) in [6.07, 6.45) is 0. The summed E-state index contributed by atoms with van der Waals surface area (Å²) in [7, 11) is -3.37. The van der Waals surface area contributed by atoms with Gasteiger partial charge in [0.25, 0.3) is 0 Å². The smallest absolute Gasteiger partial charge is 0.301 e. The maximum atomic E-state index is 11.6. The van der Waals surface area contributed by atoms with Gasteiger partial charge in [-0.15, -0.1) is 0 Å². The predicted molar refractivity (Wildman–Crippen MR) is 65.3 cm³/mol. The molecule has 2 rings (SSSR count). The van der Waals surface area contributed by atoms with E-state index in [9.17, 15) is 8.42 Å². The highest BCUT2D eigenvalue weighted by molar-refractivity contribution is 7.91. The number of anilines is 1. The van der Waals surface area contributed by atoms with Gasteiger partial charge in [-0.3, -0.25) is 4.31 Å². The van der Waals surface area contributed by atoms with E-state index in [1.807, 2.05) is 0 Å². The van der Waals surface area contributed by atoms with E-state index in [2.05, 4.69) is 4.72 Å². The summed E-state index contributed by atoms with van der Waals surface area (Å²) in [5, 5.41) is 0. The summed E-state index contributed by atoms with van der Waals surface area (Å²) in [5.74, 6) is 0.620. The van der Waals surface area contributed by atoms with Gasteiger partial charge < -0.3 is 10.5 Å². The summed E-state index contributed by atoms with van der Waals surface area (Å²) in [5.41, 5.74) is 5.94. The van der Waals surface area contributed by atoms with Crippen LogP contribution in [0, 0.1) is 0 Å². The molecule has 0 atom stereocenters. The molecule has 7 heteroatoms. The van der Waals surface area contributed by atoms with E-state index in [0.29, 0.717) is 37.7 Å². The molecule has 0 amide bonds. The Morgan fingerprint density at radius 1 is 1.47 bits per heavy atom. The molecule has 1 aliphatic heterocycles. The van der Waals surface area contributed by atoms with Gasteiger partial charge in [0.05, 0.1) is 5.69 Å². The summed E-state index contributed by atoms with van der Waals surface area (Å²) in [4.78, 5) is 0. The van der Waals surface area contributed by atoms with Crippen LogP contribution >= 0.6 is 0 Å². The first-order valence-corrected chi connectivity index (χ1v) is 6.78. The van der Waals surface area contributed by atoms with Gasteiger partial charge in [-0.1, -0.05) is 6.07 Å². The zero-order valence-corrected chi connectivity index (χ0v) is 10.1. The average molecular weight is 257 g/mol. The predicted octanol–water partition coefficient (Wildman–Crippen LogP) is -0.321. The van der Waals surface area contributed by atoms with Crippen molar-refractivity contribution in [2.45, 2.75) is 0 Å². The van der Waals surface area contributed by atoms with Crippen LogP contribution in [0.4, 0.5) is 5.69 Å². The monoisotopic (exact) mass is 257 g/mol. The van der Waals surface area contributed by atoms with Gasteiger partial charge in [-0.2, -0.15) is 13.1 Å². The molecule has 1 aliphatic rings. The van der Waals surface area contributed by atoms with Crippen LogP contribution in [0.15, 0.2) is 24.3 Å². The van der Waals surface area contributed by atoms with E-state index in [1.165, 1.54) is 4.31 Å². The van der Waals surface area contributed by atoms with Crippen molar-refractivity contribution in [3.05, 3.63) is 24.3 Å². The molecule has 1 fully saturated rings. The van der Waals surface area contributed by atoms with Crippen LogP contribution in [0.5, 0.6) is 5.75 Å². The van der Waals surface area contributed by atoms with Crippen LogP contribution in [0.3, 0.4) is 0 Å². The van der Waals surface area contributed by atoms with E-state index in [-0.39, 0.29) is 0 Å². The van der Waals surface area contributed by atoms with Gasteiger partial charge in [0.15, 0.2) is 0 Å². The lowest BCUT2D eigenvalue weighted by Gasteiger charge is -2.16. The molecule has 0 aromatic heterocycles. The molecular formula is C10H15N3O3S. The number of rotatable bonds is 4. The SMILES string of the molecule is NCCOc1cccc(N2CCNS2(=O)=O)c1. The van der Waals surface area contributed by atoms with Gasteiger partial charge >= 0.3 is 10.2 Å². The Balaban J connectivity index is 2.21. The maximum Gasteiger partial charge on any atom is 0.301 e. The number of nitrogens with one attached hydrogen (secondary N) is 1. The highest BCUT2D eigenvalue weighted by Crippen LogP contribution is 2.24. The Labute approximate surface area is 101 Å². The second-order valence-electron chi connectivity index (χ2n) is 3.61. The molecule has 94 valence electrons. The first-order valence-electron chi connectivity index (χ1n) is 5.34. The summed E-state index contributed by atoms with van der Waals surface area (Å²) in [6, 6.07) is 6.96. The molecule has 1 saturated heterocycles. The number of nitrogens with zero attached hydrogens (tertiary/aromatic N) is 1. The molecule has 0 spiro atoms. The Hall–Kier alpha value is -1.31. The average Bonchev–Trinajstić information content (AvgIpc) is 2.67. The molecule has 0 aliphatic carbocycles. The zero-order chi connectivity index (χ0) is 12.3. The third-order valence-electron chi connectivity index (χ3n) is 2.38. The van der Waals surface area contributed by atoms with Gasteiger partial charge in [-0.05, 0) is 12.1 Å². The first kappa shape index (κ1) is 12.2. The van der Waals surface area contributed by atoms with Crippen LogP contribution < -0.4 is 19.5 Å². The zero-order valence-electron chi connectivity index (χ0n) is 9.30. The van der Waals surface area contributed by atoms with Crippen LogP contribution in [0.2, 0.25) is 0 Å². The van der Waals surface area contributed by atoms with Gasteiger partial charge in [-0.25, -0.2) is 0 Å². The third-order valence-corrected chi connectivity index (χ3v) is 3.92. The molecule has 0 saturated carbocycles. The third kappa shape index (κ3) is 2.68. The fourth-order valence-electron chi connectivity index (χ4n) is 1.65. The molecule has 1 heterocycles. The van der Waals surface area contributed by atoms with Crippen LogP contribution in [-0.4, -0.2) is 34.7 Å². The molecule has 0 bridgehead atoms. The van der Waals surface area contributed by atoms with Crippen molar-refractivity contribution in [1.82, 2.24) is 4.72 Å². The normalized spacial score (nSPS) is 18.3. The standard InChI is InChI=1S/C10H15N3O3S/c11-4-7-16-10-3-1-2-9(8-10)13-6-5-12-17(13,14)15/h1-3,8,12H,4-7,11H2. The number of hydrogen-bond donors (Lipinski definition) is 2. The molecular weight excluding hydrogens is 242 g/mol. The molecule has 6 nitrogen and oxygen atoms in total. The lowest BCUT2D eigenvalue weighted by Crippen LogP contribution is -2.29. The summed E-state index contributed by atoms with van der Waals surface area (Å²) >= 11 is 0. The van der Waals surface area contributed by atoms with Crippen molar-refractivity contribution >= 4 is 15.9 Å². The minimum Gasteiger partial charge on any atom is -0.492 e. The van der Waals surface area contributed by atoms with E-state index >= 15 is 0 Å². The lowest BCUT2D eigenvalue weighted by atomic mass is 10.3. The van der Waals surface area contributed by atoms with Crippen molar-refractivity contribution in [3.8, 4) is 5.75 Å². The Kier molecular flexibility index (Phi) is 3.51. The second-order valence-corrected chi connectivity index (χ2v) is 5.29. The summed E-state index contributed by atoms with van der Waals surface area (Å²) < 4.78 is 32.4. The topological polar surface area (TPSA) is 84.7 Å². The largest absolute Gasteiger partial charge is 0.492 e. The van der Waals surface area contributed by atoms with Crippen LogP contribution in [-0.2, 0) is 10.2 Å². The minimum atomic E-state index is -3.37. The number of nitrogens with two attached hydrogens (primary N) is 1. The quantitative estimate of drug-likeness (QED) is 0.774. The number of benzene rings is 1. The van der Waals surface area contributed by atoms with Crippen molar-refractivity contribution in [2.75, 3.05) is 30.5 Å². The highest BCUT2D eigenvalue weighted by atomic mass is 32.2. The number of ether oxygens (including phenoxy) is 1. The molecule has 17 heavy (non-hydrogen) atoms. The van der Waals surface area contributed by atoms with E-state index in [4.69, 9.17) is 10.5 Å². The maximum absolute atomic E-state index is 11.6. The molecule has 1 aromatic carbocycles.